The molecule has 32 valence electrons. The Morgan fingerprint density at radius 2 is 2.83 bits per heavy atom. The highest BCUT2D eigenvalue weighted by atomic mass is 16.8. The summed E-state index contributed by atoms with van der Waals surface area (Å²) in [7, 11) is 0. The van der Waals surface area contributed by atoms with Crippen LogP contribution in [0.5, 0.6) is 0 Å². The fraction of sp³-hybridized carbons (Fsp3) is 0.500. The Hall–Kier alpha value is -0.930. The van der Waals surface area contributed by atoms with E-state index in [1.165, 1.54) is 0 Å². The number of hydrogen-bond acceptors (Lipinski definition) is 3. The van der Waals surface area contributed by atoms with Crippen LogP contribution in [-0.4, -0.2) is 18.0 Å². The molecular weight excluding hydrogens is 84.0 g/mol. The molecule has 1 rings (SSSR count). The zero-order chi connectivity index (χ0) is 4.41. The van der Waals surface area contributed by atoms with Gasteiger partial charge >= 0.3 is 13.1 Å². The molecule has 0 saturated heterocycles. The van der Waals surface area contributed by atoms with Gasteiger partial charge in [0.05, 0.1) is 0 Å². The van der Waals surface area contributed by atoms with Gasteiger partial charge in [-0.2, -0.15) is 0 Å². The fourth-order valence-electron chi connectivity index (χ4n) is 0.224. The molecule has 4 nitrogen and oxygen atoms in total. The highest BCUT2D eigenvalue weighted by Crippen LogP contribution is 1.82. The van der Waals surface area contributed by atoms with E-state index in [9.17, 15) is 4.91 Å². The molecule has 1 aliphatic heterocycles. The molecule has 0 aliphatic carbocycles. The number of nitrogens with zero attached hydrogens (tertiary/aromatic N) is 2. The Morgan fingerprint density at radius 3 is 3.00 bits per heavy atom. The summed E-state index contributed by atoms with van der Waals surface area (Å²) in [5.74, 6) is 0. The van der Waals surface area contributed by atoms with Crippen molar-refractivity contribution in [1.82, 2.24) is 0 Å². The Morgan fingerprint density at radius 1 is 2.00 bits per heavy atom. The average molecular weight is 87.1 g/mol. The maximum Gasteiger partial charge on any atom is 0.371 e. The van der Waals surface area contributed by atoms with Gasteiger partial charge in [0, 0.05) is 0 Å². The molecule has 0 atom stereocenters. The second kappa shape index (κ2) is 1.04. The van der Waals surface area contributed by atoms with Crippen molar-refractivity contribution in [1.29, 1.82) is 0 Å². The van der Waals surface area contributed by atoms with Crippen molar-refractivity contribution >= 4 is 6.34 Å². The SMILES string of the molecule is O=[N+]1C=NCO1. The monoisotopic (exact) mass is 87.0 g/mol. The molecule has 0 unspecified atom stereocenters. The molecule has 0 bridgehead atoms. The van der Waals surface area contributed by atoms with Crippen LogP contribution in [0.3, 0.4) is 0 Å². The predicted octanol–water partition coefficient (Wildman–Crippen LogP) is -0.304. The minimum atomic E-state index is 0.170. The van der Waals surface area contributed by atoms with Gasteiger partial charge in [0.15, 0.2) is 4.92 Å². The molecule has 1 heterocycles. The first-order valence-corrected chi connectivity index (χ1v) is 1.49. The molecule has 0 N–H and O–H groups in total. The van der Waals surface area contributed by atoms with Gasteiger partial charge in [-0.15, -0.1) is 0 Å². The van der Waals surface area contributed by atoms with Crippen LogP contribution in [0.15, 0.2) is 4.99 Å². The first-order valence-electron chi connectivity index (χ1n) is 1.49. The minimum Gasteiger partial charge on any atom is -0.248 e. The summed E-state index contributed by atoms with van der Waals surface area (Å²) in [6.07, 6.45) is 1.08. The smallest absolute Gasteiger partial charge is 0.248 e. The van der Waals surface area contributed by atoms with E-state index < -0.39 is 0 Å². The van der Waals surface area contributed by atoms with Crippen LogP contribution in [0.2, 0.25) is 0 Å². The molecule has 0 amide bonds. The van der Waals surface area contributed by atoms with Crippen LogP contribution in [0.25, 0.3) is 0 Å². The lowest BCUT2D eigenvalue weighted by Gasteiger charge is -1.70. The maximum absolute atomic E-state index is 9.79. The molecule has 0 aromatic rings. The van der Waals surface area contributed by atoms with Crippen LogP contribution in [0.4, 0.5) is 0 Å². The molecule has 1 aliphatic rings. The summed E-state index contributed by atoms with van der Waals surface area (Å²) >= 11 is 0. The number of hydrogen-bond donors (Lipinski definition) is 0. The zero-order valence-corrected chi connectivity index (χ0v) is 3.00. The van der Waals surface area contributed by atoms with Crippen LogP contribution < -0.4 is 0 Å². The second-order valence-electron chi connectivity index (χ2n) is 0.842. The molecule has 4 heteroatoms. The van der Waals surface area contributed by atoms with E-state index in [4.69, 9.17) is 0 Å². The van der Waals surface area contributed by atoms with Crippen LogP contribution in [-0.2, 0) is 4.84 Å². The Labute approximate surface area is 34.0 Å². The quantitative estimate of drug-likeness (QED) is 0.407. The molecule has 0 radical (unpaired) electrons. The molecule has 0 aromatic heterocycles. The third-order valence-electron chi connectivity index (χ3n) is 0.435. The molecular formula is C2H3N2O2+. The van der Waals surface area contributed by atoms with Crippen molar-refractivity contribution in [2.75, 3.05) is 6.73 Å². The summed E-state index contributed by atoms with van der Waals surface area (Å²) in [5.41, 5.74) is 0. The van der Waals surface area contributed by atoms with Gasteiger partial charge in [0.2, 0.25) is 0 Å². The van der Waals surface area contributed by atoms with Gasteiger partial charge in [-0.1, -0.05) is 0 Å². The lowest BCUT2D eigenvalue weighted by molar-refractivity contribution is -0.705. The minimum absolute atomic E-state index is 0.170. The van der Waals surface area contributed by atoms with Crippen molar-refractivity contribution in [2.45, 2.75) is 0 Å². The summed E-state index contributed by atoms with van der Waals surface area (Å²) < 4.78 is 0. The summed E-state index contributed by atoms with van der Waals surface area (Å²) in [6.45, 7) is 0.170. The van der Waals surface area contributed by atoms with Gasteiger partial charge in [0.1, 0.15) is 0 Å². The molecule has 0 aromatic carbocycles. The van der Waals surface area contributed by atoms with Crippen LogP contribution >= 0.6 is 0 Å². The Bertz CT molecular complexity index is 97.7. The highest BCUT2D eigenvalue weighted by molar-refractivity contribution is 5.43. The average Bonchev–Trinajstić information content (AvgIpc) is 1.86. The van der Waals surface area contributed by atoms with E-state index in [0.29, 0.717) is 4.92 Å². The van der Waals surface area contributed by atoms with Crippen molar-refractivity contribution in [3.05, 3.63) is 4.91 Å². The van der Waals surface area contributed by atoms with E-state index in [0.717, 1.165) is 6.34 Å². The van der Waals surface area contributed by atoms with Crippen molar-refractivity contribution in [3.8, 4) is 0 Å². The fourth-order valence-corrected chi connectivity index (χ4v) is 0.224. The van der Waals surface area contributed by atoms with E-state index in [-0.39, 0.29) is 6.73 Å². The van der Waals surface area contributed by atoms with Gasteiger partial charge in [-0.05, 0) is 9.90 Å². The third-order valence-corrected chi connectivity index (χ3v) is 0.435. The van der Waals surface area contributed by atoms with Gasteiger partial charge in [0.25, 0.3) is 0 Å². The summed E-state index contributed by atoms with van der Waals surface area (Å²) in [4.78, 5) is 17.7. The van der Waals surface area contributed by atoms with Crippen molar-refractivity contribution in [2.24, 2.45) is 4.99 Å². The van der Waals surface area contributed by atoms with Crippen molar-refractivity contribution in [3.63, 3.8) is 0 Å². The topological polar surface area (TPSA) is 41.7 Å². The van der Waals surface area contributed by atoms with Gasteiger partial charge in [-0.25, -0.2) is 4.84 Å². The van der Waals surface area contributed by atoms with Crippen molar-refractivity contribution < 1.29 is 9.76 Å². The summed E-state index contributed by atoms with van der Waals surface area (Å²) in [6, 6.07) is 0. The largest absolute Gasteiger partial charge is 0.371 e. The first-order chi connectivity index (χ1) is 2.89. The molecule has 0 saturated carbocycles. The van der Waals surface area contributed by atoms with Crippen LogP contribution in [0, 0.1) is 4.91 Å². The molecule has 0 fully saturated rings. The molecule has 0 spiro atoms. The maximum atomic E-state index is 9.79. The van der Waals surface area contributed by atoms with E-state index in [1.807, 2.05) is 0 Å². The Balaban J connectivity index is 2.59. The zero-order valence-electron chi connectivity index (χ0n) is 3.00. The first kappa shape index (κ1) is 3.27. The Kier molecular flexibility index (Phi) is 0.567. The highest BCUT2D eigenvalue weighted by Gasteiger charge is 2.08. The lowest BCUT2D eigenvalue weighted by Crippen LogP contribution is -1.95. The summed E-state index contributed by atoms with van der Waals surface area (Å²) in [5, 5.41) is 0. The second-order valence-corrected chi connectivity index (χ2v) is 0.842. The van der Waals surface area contributed by atoms with Gasteiger partial charge < -0.3 is 0 Å². The standard InChI is InChI=1S/C2H3N2O2/c5-4-1-3-2-6-4/h1H,2H2/q+1. The predicted molar refractivity (Wildman–Crippen MR) is 18.1 cm³/mol. The van der Waals surface area contributed by atoms with E-state index in [2.05, 4.69) is 9.83 Å². The molecule has 6 heavy (non-hydrogen) atoms. The lowest BCUT2D eigenvalue weighted by atomic mass is 11.3. The van der Waals surface area contributed by atoms with Gasteiger partial charge in [-0.3, -0.25) is 0 Å². The number of rotatable bonds is 0. The van der Waals surface area contributed by atoms with Crippen LogP contribution in [0.1, 0.15) is 0 Å². The normalized spacial score (nSPS) is 18.3. The number of aliphatic imine (C=N–C) groups is 1. The van der Waals surface area contributed by atoms with E-state index >= 15 is 0 Å². The van der Waals surface area contributed by atoms with E-state index in [1.54, 1.807) is 0 Å². The third kappa shape index (κ3) is 0.357.